The Morgan fingerprint density at radius 2 is 1.42 bits per heavy atom. The monoisotopic (exact) mass is 169 g/mol. The molecule has 0 unspecified atom stereocenters. The zero-order valence-electron chi connectivity index (χ0n) is 7.77. The zero-order valence-corrected chi connectivity index (χ0v) is 7.77. The van der Waals surface area contributed by atoms with E-state index in [9.17, 15) is 4.79 Å². The standard InChI is InChI=1S/C5H11N.C5H8O/c1-2-4-6-5-3-1;6-5-3-1-2-4-5/h6H,1-5H2;1-4H2. The number of hydrogen-bond donors (Lipinski definition) is 1. The van der Waals surface area contributed by atoms with E-state index in [0.29, 0.717) is 5.78 Å². The van der Waals surface area contributed by atoms with Crippen molar-refractivity contribution in [3.8, 4) is 0 Å². The lowest BCUT2D eigenvalue weighted by molar-refractivity contribution is -0.117. The Labute approximate surface area is 74.7 Å². The average molecular weight is 169 g/mol. The van der Waals surface area contributed by atoms with Crippen molar-refractivity contribution >= 4 is 5.78 Å². The summed E-state index contributed by atoms with van der Waals surface area (Å²) in [7, 11) is 0. The molecule has 0 spiro atoms. The molecular weight excluding hydrogens is 150 g/mol. The van der Waals surface area contributed by atoms with E-state index >= 15 is 0 Å². The van der Waals surface area contributed by atoms with Crippen LogP contribution in [0.15, 0.2) is 0 Å². The number of carbonyl (C=O) groups is 1. The van der Waals surface area contributed by atoms with Gasteiger partial charge in [-0.25, -0.2) is 0 Å². The molecule has 0 bridgehead atoms. The summed E-state index contributed by atoms with van der Waals surface area (Å²) in [5.74, 6) is 0.454. The molecule has 2 heteroatoms. The highest BCUT2D eigenvalue weighted by Gasteiger charge is 2.07. The van der Waals surface area contributed by atoms with Gasteiger partial charge in [0.25, 0.3) is 0 Å². The van der Waals surface area contributed by atoms with Crippen LogP contribution in [0, 0.1) is 0 Å². The molecule has 1 heterocycles. The normalized spacial score (nSPS) is 23.2. The Hall–Kier alpha value is -0.370. The van der Waals surface area contributed by atoms with Crippen molar-refractivity contribution in [2.45, 2.75) is 44.9 Å². The molecule has 0 radical (unpaired) electrons. The van der Waals surface area contributed by atoms with Crippen molar-refractivity contribution in [3.63, 3.8) is 0 Å². The van der Waals surface area contributed by atoms with Crippen molar-refractivity contribution in [2.24, 2.45) is 0 Å². The van der Waals surface area contributed by atoms with Crippen molar-refractivity contribution in [1.29, 1.82) is 0 Å². The van der Waals surface area contributed by atoms with Crippen LogP contribution in [0.3, 0.4) is 0 Å². The summed E-state index contributed by atoms with van der Waals surface area (Å²) in [6.45, 7) is 2.50. The maximum Gasteiger partial charge on any atom is 0.132 e. The largest absolute Gasteiger partial charge is 0.317 e. The number of nitrogens with one attached hydrogen (secondary N) is 1. The minimum atomic E-state index is 0.454. The highest BCUT2D eigenvalue weighted by Crippen LogP contribution is 2.11. The number of Topliss-reactive ketones (excluding diaryl/α,β-unsaturated/α-hetero) is 1. The van der Waals surface area contributed by atoms with Gasteiger partial charge in [0.15, 0.2) is 0 Å². The molecule has 70 valence electrons. The first-order valence-electron chi connectivity index (χ1n) is 5.12. The fraction of sp³-hybridized carbons (Fsp3) is 0.900. The van der Waals surface area contributed by atoms with E-state index < -0.39 is 0 Å². The van der Waals surface area contributed by atoms with Gasteiger partial charge in [0.1, 0.15) is 5.78 Å². The van der Waals surface area contributed by atoms with E-state index in [0.717, 1.165) is 25.7 Å². The summed E-state index contributed by atoms with van der Waals surface area (Å²) in [4.78, 5) is 10.2. The molecule has 1 aliphatic heterocycles. The molecule has 0 atom stereocenters. The van der Waals surface area contributed by atoms with Crippen LogP contribution in [0.25, 0.3) is 0 Å². The van der Waals surface area contributed by atoms with Crippen LogP contribution >= 0.6 is 0 Å². The van der Waals surface area contributed by atoms with Gasteiger partial charge in [0.2, 0.25) is 0 Å². The lowest BCUT2D eigenvalue weighted by Gasteiger charge is -2.08. The Kier molecular flexibility index (Phi) is 5.00. The molecule has 0 aromatic heterocycles. The summed E-state index contributed by atoms with van der Waals surface area (Å²) in [6, 6.07) is 0. The molecular formula is C10H19NO. The van der Waals surface area contributed by atoms with Crippen molar-refractivity contribution in [3.05, 3.63) is 0 Å². The summed E-state index contributed by atoms with van der Waals surface area (Å²) < 4.78 is 0. The highest BCUT2D eigenvalue weighted by atomic mass is 16.1. The molecule has 1 aliphatic carbocycles. The summed E-state index contributed by atoms with van der Waals surface area (Å²) in [5, 5.41) is 3.28. The van der Waals surface area contributed by atoms with E-state index in [-0.39, 0.29) is 0 Å². The van der Waals surface area contributed by atoms with Gasteiger partial charge in [-0.1, -0.05) is 6.42 Å². The zero-order chi connectivity index (χ0) is 8.65. The van der Waals surface area contributed by atoms with Crippen LogP contribution in [-0.2, 0) is 4.79 Å². The van der Waals surface area contributed by atoms with Crippen molar-refractivity contribution in [2.75, 3.05) is 13.1 Å². The molecule has 0 aromatic rings. The van der Waals surface area contributed by atoms with Gasteiger partial charge in [-0.2, -0.15) is 0 Å². The van der Waals surface area contributed by atoms with Crippen LogP contribution in [0.5, 0.6) is 0 Å². The van der Waals surface area contributed by atoms with E-state index in [4.69, 9.17) is 0 Å². The van der Waals surface area contributed by atoms with Crippen LogP contribution < -0.4 is 5.32 Å². The average Bonchev–Trinajstić information content (AvgIpc) is 2.60. The summed E-state index contributed by atoms with van der Waals surface area (Å²) >= 11 is 0. The lowest BCUT2D eigenvalue weighted by Crippen LogP contribution is -2.21. The first-order valence-corrected chi connectivity index (χ1v) is 5.12. The van der Waals surface area contributed by atoms with Gasteiger partial charge >= 0.3 is 0 Å². The second-order valence-electron chi connectivity index (χ2n) is 3.56. The molecule has 1 N–H and O–H groups in total. The van der Waals surface area contributed by atoms with Crippen LogP contribution in [0.1, 0.15) is 44.9 Å². The minimum absolute atomic E-state index is 0.454. The first kappa shape index (κ1) is 9.72. The third-order valence-corrected chi connectivity index (χ3v) is 2.37. The van der Waals surface area contributed by atoms with Gasteiger partial charge in [0.05, 0.1) is 0 Å². The fourth-order valence-corrected chi connectivity index (χ4v) is 1.57. The summed E-state index contributed by atoms with van der Waals surface area (Å²) in [6.07, 6.45) is 8.19. The lowest BCUT2D eigenvalue weighted by atomic mass is 10.2. The molecule has 1 saturated heterocycles. The van der Waals surface area contributed by atoms with Crippen molar-refractivity contribution in [1.82, 2.24) is 5.32 Å². The van der Waals surface area contributed by atoms with Gasteiger partial charge in [-0.05, 0) is 38.8 Å². The third kappa shape index (κ3) is 4.50. The molecule has 0 aromatic carbocycles. The first-order chi connectivity index (χ1) is 5.89. The van der Waals surface area contributed by atoms with Crippen LogP contribution in [-0.4, -0.2) is 18.9 Å². The Morgan fingerprint density at radius 3 is 1.58 bits per heavy atom. The molecule has 2 rings (SSSR count). The Balaban J connectivity index is 0.000000120. The highest BCUT2D eigenvalue weighted by molar-refractivity contribution is 5.79. The quantitative estimate of drug-likeness (QED) is 0.600. The number of ketones is 1. The smallest absolute Gasteiger partial charge is 0.132 e. The molecule has 1 saturated carbocycles. The fourth-order valence-electron chi connectivity index (χ4n) is 1.57. The molecule has 0 amide bonds. The van der Waals surface area contributed by atoms with Crippen molar-refractivity contribution < 1.29 is 4.79 Å². The van der Waals surface area contributed by atoms with Gasteiger partial charge in [-0.15, -0.1) is 0 Å². The maximum atomic E-state index is 10.2. The summed E-state index contributed by atoms with van der Waals surface area (Å²) in [5.41, 5.74) is 0. The van der Waals surface area contributed by atoms with Gasteiger partial charge in [0, 0.05) is 12.8 Å². The van der Waals surface area contributed by atoms with E-state index in [1.54, 1.807) is 0 Å². The Bertz CT molecular complexity index is 110. The van der Waals surface area contributed by atoms with Gasteiger partial charge < -0.3 is 5.32 Å². The number of carbonyl (C=O) groups excluding carboxylic acids is 1. The molecule has 2 aliphatic rings. The van der Waals surface area contributed by atoms with Crippen LogP contribution in [0.4, 0.5) is 0 Å². The number of piperidine rings is 1. The second-order valence-corrected chi connectivity index (χ2v) is 3.56. The molecule has 2 nitrogen and oxygen atoms in total. The second kappa shape index (κ2) is 6.18. The topological polar surface area (TPSA) is 29.1 Å². The number of rotatable bonds is 0. The van der Waals surface area contributed by atoms with Crippen LogP contribution in [0.2, 0.25) is 0 Å². The predicted octanol–water partition coefficient (Wildman–Crippen LogP) is 1.89. The Morgan fingerprint density at radius 1 is 0.833 bits per heavy atom. The SMILES string of the molecule is C1CCNCC1.O=C1CCCC1. The van der Waals surface area contributed by atoms with Gasteiger partial charge in [-0.3, -0.25) is 4.79 Å². The maximum absolute atomic E-state index is 10.2. The molecule has 2 fully saturated rings. The van der Waals surface area contributed by atoms with E-state index in [2.05, 4.69) is 5.32 Å². The predicted molar refractivity (Wildman–Crippen MR) is 50.2 cm³/mol. The van der Waals surface area contributed by atoms with E-state index in [1.165, 1.54) is 32.4 Å². The molecule has 12 heavy (non-hydrogen) atoms. The third-order valence-electron chi connectivity index (χ3n) is 2.37. The van der Waals surface area contributed by atoms with E-state index in [1.807, 2.05) is 0 Å². The number of hydrogen-bond acceptors (Lipinski definition) is 2. The minimum Gasteiger partial charge on any atom is -0.317 e.